The van der Waals surface area contributed by atoms with E-state index in [1.54, 1.807) is 7.11 Å². The van der Waals surface area contributed by atoms with E-state index in [1.807, 2.05) is 0 Å². The van der Waals surface area contributed by atoms with E-state index in [1.165, 1.54) is 57.5 Å². The van der Waals surface area contributed by atoms with E-state index in [-0.39, 0.29) is 73.4 Å². The zero-order valence-corrected chi connectivity index (χ0v) is 55.9. The molecular weight excluding hydrogens is 1130 g/mol. The summed E-state index contributed by atoms with van der Waals surface area (Å²) in [4.78, 5) is 46.0. The van der Waals surface area contributed by atoms with Crippen LogP contribution in [-0.4, -0.2) is 195 Å². The minimum Gasteiger partial charge on any atom is -0.508 e. The van der Waals surface area contributed by atoms with Gasteiger partial charge in [0.1, 0.15) is 18.1 Å². The fourth-order valence-electron chi connectivity index (χ4n) is 8.28. The van der Waals surface area contributed by atoms with E-state index in [2.05, 4.69) is 88.0 Å². The van der Waals surface area contributed by atoms with Crippen LogP contribution >= 0.6 is 0 Å². The summed E-state index contributed by atoms with van der Waals surface area (Å²) in [7, 11) is -7.70. The summed E-state index contributed by atoms with van der Waals surface area (Å²) in [6.07, 6.45) is 3.76. The third-order valence-corrected chi connectivity index (χ3v) is 34.0. The average Bonchev–Trinajstić information content (AvgIpc) is 3.32. The minimum atomic E-state index is -2.27. The predicted molar refractivity (Wildman–Crippen MR) is 322 cm³/mol. The van der Waals surface area contributed by atoms with Crippen molar-refractivity contribution < 1.29 is 94.0 Å². The summed E-state index contributed by atoms with van der Waals surface area (Å²) in [6.45, 7) is 33.1. The van der Waals surface area contributed by atoms with Gasteiger partial charge in [-0.25, -0.2) is 14.4 Å². The number of phenols is 2. The molecule has 0 aliphatic rings. The molecule has 0 aromatic heterocycles. The van der Waals surface area contributed by atoms with Crippen molar-refractivity contribution in [2.24, 2.45) is 0 Å². The molecule has 0 spiro atoms. The Kier molecular flexibility index (Phi) is 39.8. The maximum Gasteiger partial charge on any atom is 0.338 e. The highest BCUT2D eigenvalue weighted by molar-refractivity contribution is 6.88. The summed E-state index contributed by atoms with van der Waals surface area (Å²) < 4.78 is 67.4. The molecule has 0 amide bonds. The number of rotatable bonds is 38. The molecule has 0 saturated heterocycles. The SMILES string of the molecule is C.COC(=O)c1cc(O)cc(C(=O)OC)c1.COCCOCCC[Si](C)(C)O[Si](C)(C)O[Si](C)(C)CCCOCCOC(=O)c1cc(O)cc(C(C)=O)c1.C[Si](C)(CCCOCCO)O[Si](C)(C)O[Si](C)(C)CCCOCCO. The number of hydrogen-bond acceptors (Lipinski definition) is 20. The second-order valence-electron chi connectivity index (χ2n) is 21.8. The molecule has 0 saturated carbocycles. The third-order valence-electron chi connectivity index (χ3n) is 11.0. The molecule has 20 nitrogen and oxygen atoms in total. The van der Waals surface area contributed by atoms with Crippen molar-refractivity contribution in [2.45, 2.75) is 143 Å². The van der Waals surface area contributed by atoms with Crippen molar-refractivity contribution >= 4 is 74.1 Å². The number of phenolic OH excluding ortho intramolecular Hbond substituents is 2. The van der Waals surface area contributed by atoms with Gasteiger partial charge in [-0.3, -0.25) is 4.79 Å². The number of Topliss-reactive ketones (excluding diaryl/α,β-unsaturated/α-hetero) is 1. The molecule has 0 radical (unpaired) electrons. The lowest BCUT2D eigenvalue weighted by Crippen LogP contribution is -2.52. The molecule has 0 atom stereocenters. The first kappa shape index (κ1) is 78.0. The van der Waals surface area contributed by atoms with Gasteiger partial charge in [-0.15, -0.1) is 0 Å². The number of aliphatic hydroxyl groups is 2. The number of methoxy groups -OCH3 is 3. The molecule has 2 rings (SSSR count). The van der Waals surface area contributed by atoms with Crippen molar-refractivity contribution in [3.63, 3.8) is 0 Å². The third kappa shape index (κ3) is 39.2. The number of ether oxygens (including phenoxy) is 8. The highest BCUT2D eigenvalue weighted by Gasteiger charge is 2.40. The lowest BCUT2D eigenvalue weighted by molar-refractivity contribution is 0.0317. The zero-order chi connectivity index (χ0) is 59.6. The lowest BCUT2D eigenvalue weighted by atomic mass is 10.1. The highest BCUT2D eigenvalue weighted by atomic mass is 28.5. The molecule has 0 aliphatic carbocycles. The first-order chi connectivity index (χ1) is 36.3. The smallest absolute Gasteiger partial charge is 0.338 e. The molecule has 2 aromatic rings. The fraction of sp³-hybridized carbons (Fsp3) is 0.698. The van der Waals surface area contributed by atoms with Crippen LogP contribution in [0, 0.1) is 0 Å². The molecule has 2 aromatic carbocycles. The van der Waals surface area contributed by atoms with Crippen LogP contribution in [0.1, 0.15) is 81.5 Å². The number of carbonyl (C=O) groups excluding carboxylic acids is 4. The number of hydrogen-bond donors (Lipinski definition) is 4. The molecule has 79 heavy (non-hydrogen) atoms. The Morgan fingerprint density at radius 3 is 1.00 bits per heavy atom. The van der Waals surface area contributed by atoms with Gasteiger partial charge in [0.2, 0.25) is 0 Å². The van der Waals surface area contributed by atoms with Gasteiger partial charge in [-0.2, -0.15) is 0 Å². The monoisotopic (exact) mass is 1230 g/mol. The van der Waals surface area contributed by atoms with Crippen LogP contribution in [0.2, 0.25) is 103 Å². The Bertz CT molecular complexity index is 1970. The van der Waals surface area contributed by atoms with Crippen LogP contribution < -0.4 is 0 Å². The number of aliphatic hydroxyl groups excluding tert-OH is 2. The summed E-state index contributed by atoms with van der Waals surface area (Å²) in [5.41, 5.74) is 0.583. The second kappa shape index (κ2) is 40.2. The van der Waals surface area contributed by atoms with E-state index in [9.17, 15) is 29.4 Å². The molecule has 0 unspecified atom stereocenters. The number of carbonyl (C=O) groups is 4. The van der Waals surface area contributed by atoms with Crippen molar-refractivity contribution in [2.75, 3.05) is 101 Å². The van der Waals surface area contributed by atoms with Crippen molar-refractivity contribution in [1.29, 1.82) is 0 Å². The van der Waals surface area contributed by atoms with Gasteiger partial charge in [0.15, 0.2) is 39.1 Å². The Morgan fingerprint density at radius 2 is 0.696 bits per heavy atom. The maximum atomic E-state index is 12.2. The first-order valence-corrected chi connectivity index (χ1v) is 44.7. The summed E-state index contributed by atoms with van der Waals surface area (Å²) in [6, 6.07) is 11.8. The number of ketones is 1. The lowest BCUT2D eigenvalue weighted by Gasteiger charge is -2.39. The molecule has 4 N–H and O–H groups in total. The molecule has 0 aliphatic heterocycles. The van der Waals surface area contributed by atoms with Gasteiger partial charge >= 0.3 is 35.0 Å². The van der Waals surface area contributed by atoms with E-state index in [0.717, 1.165) is 56.5 Å². The van der Waals surface area contributed by atoms with Crippen LogP contribution in [0.4, 0.5) is 0 Å². The fourth-order valence-corrected chi connectivity index (χ4v) is 36.3. The summed E-state index contributed by atoms with van der Waals surface area (Å²) in [5, 5.41) is 36.4. The predicted octanol–water partition coefficient (Wildman–Crippen LogP) is 9.89. The summed E-state index contributed by atoms with van der Waals surface area (Å²) in [5.74, 6) is -2.45. The van der Waals surface area contributed by atoms with Crippen molar-refractivity contribution in [3.8, 4) is 11.5 Å². The zero-order valence-electron chi connectivity index (χ0n) is 49.9. The summed E-state index contributed by atoms with van der Waals surface area (Å²) >= 11 is 0. The molecule has 0 fully saturated rings. The Morgan fingerprint density at radius 1 is 0.405 bits per heavy atom. The largest absolute Gasteiger partial charge is 0.508 e. The van der Waals surface area contributed by atoms with E-state index < -0.39 is 68.3 Å². The second-order valence-corrected chi connectivity index (χ2v) is 46.7. The minimum absolute atomic E-state index is 0. The highest BCUT2D eigenvalue weighted by Crippen LogP contribution is 2.28. The Labute approximate surface area is 479 Å². The first-order valence-electron chi connectivity index (χ1n) is 26.6. The molecule has 0 heterocycles. The number of esters is 3. The van der Waals surface area contributed by atoms with Gasteiger partial charge in [-0.05, 0) is 172 Å². The molecule has 26 heteroatoms. The van der Waals surface area contributed by atoms with E-state index >= 15 is 0 Å². The van der Waals surface area contributed by atoms with Gasteiger partial charge in [0.25, 0.3) is 0 Å². The van der Waals surface area contributed by atoms with Crippen molar-refractivity contribution in [3.05, 3.63) is 58.7 Å². The van der Waals surface area contributed by atoms with Crippen molar-refractivity contribution in [1.82, 2.24) is 0 Å². The standard InChI is InChI=1S/C26H48O9Si3.C16H40O6Si3.C10H10O5.CH4/c1-22(27)23-19-24(21-25(28)20-23)26(29)33-16-15-32-12-10-18-37(5,6)35-38(7,8)34-36(3,4)17-9-11-31-14-13-30-2;1-23(2,15-7-11-19-13-9-17)21-25(5,6)22-24(3,4)16-8-12-20-14-10-18;1-14-9(12)6-3-7(10(13)15-2)5-8(11)4-6;/h19-21,28H,9-18H2,1-8H3;17-18H,7-16H2,1-6H3;3-5,11H,1-2H3;1H4. The number of benzene rings is 2. The van der Waals surface area contributed by atoms with Crippen LogP contribution in [0.25, 0.3) is 0 Å². The van der Waals surface area contributed by atoms with Gasteiger partial charge in [0.05, 0.1) is 77.2 Å². The Hall–Kier alpha value is -3.02. The van der Waals surface area contributed by atoms with E-state index in [4.69, 9.17) is 55.1 Å². The van der Waals surface area contributed by atoms with Crippen LogP contribution in [0.3, 0.4) is 0 Å². The topological polar surface area (TPSA) is 260 Å². The quantitative estimate of drug-likeness (QED) is 0.0160. The molecule has 458 valence electrons. The maximum absolute atomic E-state index is 12.2. The average molecular weight is 1230 g/mol. The van der Waals surface area contributed by atoms with Crippen LogP contribution in [-0.2, 0) is 54.4 Å². The van der Waals surface area contributed by atoms with Crippen LogP contribution in [0.5, 0.6) is 11.5 Å². The normalized spacial score (nSPS) is 12.1. The van der Waals surface area contributed by atoms with Gasteiger partial charge < -0.3 is 74.8 Å². The van der Waals surface area contributed by atoms with Crippen LogP contribution in [0.15, 0.2) is 36.4 Å². The van der Waals surface area contributed by atoms with E-state index in [0.29, 0.717) is 46.2 Å². The molecule has 0 bridgehead atoms. The number of aromatic hydroxyl groups is 2. The Balaban J connectivity index is 0. The van der Waals surface area contributed by atoms with Gasteiger partial charge in [0, 0.05) is 39.1 Å². The van der Waals surface area contributed by atoms with Gasteiger partial charge in [-0.1, -0.05) is 7.43 Å². The molecular formula is C53H102O20Si6.